The Morgan fingerprint density at radius 3 is 2.03 bits per heavy atom. The second-order valence-corrected chi connectivity index (χ2v) is 7.27. The second-order valence-electron chi connectivity index (χ2n) is 7.27. The van der Waals surface area contributed by atoms with Crippen LogP contribution in [0, 0.1) is 11.6 Å². The molecule has 2 N–H and O–H groups in total. The van der Waals surface area contributed by atoms with Crippen molar-refractivity contribution >= 4 is 12.0 Å². The summed E-state index contributed by atoms with van der Waals surface area (Å²) in [6, 6.07) is 20.8. The molecule has 166 valence electrons. The Hall–Kier alpha value is -3.74. The number of hydrogen-bond donors (Lipinski definition) is 2. The zero-order valence-electron chi connectivity index (χ0n) is 17.4. The molecule has 5 nitrogen and oxygen atoms in total. The lowest BCUT2D eigenvalue weighted by molar-refractivity contribution is -0.123. The highest BCUT2D eigenvalue weighted by molar-refractivity contribution is 5.85. The number of rotatable bonds is 9. The van der Waals surface area contributed by atoms with Crippen molar-refractivity contribution < 1.29 is 23.1 Å². The van der Waals surface area contributed by atoms with Crippen LogP contribution in [-0.4, -0.2) is 24.6 Å². The Morgan fingerprint density at radius 1 is 0.812 bits per heavy atom. The molecular formula is C25H24F2N2O3. The van der Waals surface area contributed by atoms with Crippen LogP contribution in [0.4, 0.5) is 13.6 Å². The predicted octanol–water partition coefficient (Wildman–Crippen LogP) is 4.16. The summed E-state index contributed by atoms with van der Waals surface area (Å²) < 4.78 is 31.9. The Bertz CT molecular complexity index is 1010. The van der Waals surface area contributed by atoms with Crippen molar-refractivity contribution in [3.05, 3.63) is 107 Å². The third-order valence-corrected chi connectivity index (χ3v) is 4.74. The van der Waals surface area contributed by atoms with Crippen LogP contribution in [0.3, 0.4) is 0 Å². The number of benzene rings is 3. The first-order valence-electron chi connectivity index (χ1n) is 10.2. The van der Waals surface area contributed by atoms with Gasteiger partial charge in [0, 0.05) is 19.0 Å². The summed E-state index contributed by atoms with van der Waals surface area (Å²) in [5.74, 6) is -1.75. The van der Waals surface area contributed by atoms with Gasteiger partial charge in [-0.1, -0.05) is 60.7 Å². The summed E-state index contributed by atoms with van der Waals surface area (Å²) in [6.07, 6.45) is -0.198. The van der Waals surface area contributed by atoms with Crippen LogP contribution in [0.5, 0.6) is 0 Å². The molecule has 0 radical (unpaired) electrons. The lowest BCUT2D eigenvalue weighted by Gasteiger charge is -2.18. The molecule has 3 rings (SSSR count). The molecular weight excluding hydrogens is 414 g/mol. The Labute approximate surface area is 185 Å². The Kier molecular flexibility index (Phi) is 8.31. The minimum Gasteiger partial charge on any atom is -0.445 e. The summed E-state index contributed by atoms with van der Waals surface area (Å²) in [4.78, 5) is 25.0. The third kappa shape index (κ3) is 7.50. The van der Waals surface area contributed by atoms with Crippen LogP contribution in [0.15, 0.2) is 78.9 Å². The number of amides is 2. The molecule has 0 aromatic heterocycles. The van der Waals surface area contributed by atoms with E-state index in [9.17, 15) is 18.4 Å². The first-order chi connectivity index (χ1) is 15.5. The van der Waals surface area contributed by atoms with Crippen LogP contribution in [0.25, 0.3) is 0 Å². The summed E-state index contributed by atoms with van der Waals surface area (Å²) >= 11 is 0. The first kappa shape index (κ1) is 22.9. The normalized spacial score (nSPS) is 11.4. The van der Waals surface area contributed by atoms with E-state index in [0.717, 1.165) is 17.2 Å². The Morgan fingerprint density at radius 2 is 1.41 bits per heavy atom. The molecule has 3 aromatic carbocycles. The quantitative estimate of drug-likeness (QED) is 0.527. The molecule has 7 heteroatoms. The third-order valence-electron chi connectivity index (χ3n) is 4.74. The number of nitrogens with one attached hydrogen (secondary N) is 2. The molecule has 2 amide bonds. The molecule has 3 aromatic rings. The van der Waals surface area contributed by atoms with E-state index in [2.05, 4.69) is 10.6 Å². The maximum absolute atomic E-state index is 13.3. The highest BCUT2D eigenvalue weighted by Crippen LogP contribution is 2.09. The van der Waals surface area contributed by atoms with E-state index >= 15 is 0 Å². The topological polar surface area (TPSA) is 67.4 Å². The fourth-order valence-corrected chi connectivity index (χ4v) is 3.17. The number of alkyl carbamates (subject to hydrolysis) is 1. The number of hydrogen-bond acceptors (Lipinski definition) is 3. The van der Waals surface area contributed by atoms with Gasteiger partial charge >= 0.3 is 6.09 Å². The molecule has 0 saturated heterocycles. The molecule has 32 heavy (non-hydrogen) atoms. The van der Waals surface area contributed by atoms with Gasteiger partial charge in [-0.25, -0.2) is 13.6 Å². The van der Waals surface area contributed by atoms with Crippen LogP contribution in [0.2, 0.25) is 0 Å². The van der Waals surface area contributed by atoms with Crippen LogP contribution >= 0.6 is 0 Å². The van der Waals surface area contributed by atoms with Crippen molar-refractivity contribution in [1.29, 1.82) is 0 Å². The second kappa shape index (κ2) is 11.6. The Balaban J connectivity index is 1.58. The van der Waals surface area contributed by atoms with Gasteiger partial charge in [0.25, 0.3) is 0 Å². The molecule has 0 bridgehead atoms. The van der Waals surface area contributed by atoms with Crippen molar-refractivity contribution in [2.45, 2.75) is 25.5 Å². The maximum Gasteiger partial charge on any atom is 0.408 e. The predicted molar refractivity (Wildman–Crippen MR) is 117 cm³/mol. The summed E-state index contributed by atoms with van der Waals surface area (Å²) in [7, 11) is 0. The van der Waals surface area contributed by atoms with Gasteiger partial charge in [0.1, 0.15) is 24.3 Å². The van der Waals surface area contributed by atoms with Gasteiger partial charge in [-0.15, -0.1) is 0 Å². The van der Waals surface area contributed by atoms with Gasteiger partial charge in [0.2, 0.25) is 5.91 Å². The van der Waals surface area contributed by atoms with Gasteiger partial charge < -0.3 is 15.4 Å². The highest BCUT2D eigenvalue weighted by atomic mass is 19.1. The van der Waals surface area contributed by atoms with Crippen molar-refractivity contribution in [3.8, 4) is 0 Å². The van der Waals surface area contributed by atoms with Gasteiger partial charge in [0.05, 0.1) is 0 Å². The molecule has 0 aliphatic carbocycles. The van der Waals surface area contributed by atoms with E-state index in [1.807, 2.05) is 60.7 Å². The summed E-state index contributed by atoms with van der Waals surface area (Å²) in [5.41, 5.74) is 2.12. The molecule has 0 heterocycles. The van der Waals surface area contributed by atoms with Crippen molar-refractivity contribution in [2.75, 3.05) is 6.54 Å². The fourth-order valence-electron chi connectivity index (χ4n) is 3.17. The summed E-state index contributed by atoms with van der Waals surface area (Å²) in [5, 5.41) is 5.32. The minimum absolute atomic E-state index is 0.0808. The van der Waals surface area contributed by atoms with E-state index in [4.69, 9.17) is 4.74 Å². The van der Waals surface area contributed by atoms with Gasteiger partial charge in [0.15, 0.2) is 0 Å². The van der Waals surface area contributed by atoms with Gasteiger partial charge in [-0.3, -0.25) is 4.79 Å². The molecule has 0 aliphatic heterocycles. The largest absolute Gasteiger partial charge is 0.445 e. The van der Waals surface area contributed by atoms with E-state index in [1.54, 1.807) is 0 Å². The van der Waals surface area contributed by atoms with Crippen molar-refractivity contribution in [2.24, 2.45) is 0 Å². The van der Waals surface area contributed by atoms with Gasteiger partial charge in [-0.05, 0) is 35.2 Å². The number of carbonyl (C=O) groups is 2. The molecule has 0 fully saturated rings. The highest BCUT2D eigenvalue weighted by Gasteiger charge is 2.22. The van der Waals surface area contributed by atoms with E-state index in [1.165, 1.54) is 12.1 Å². The average molecular weight is 438 g/mol. The number of ether oxygens (including phenoxy) is 1. The van der Waals surface area contributed by atoms with E-state index in [-0.39, 0.29) is 26.0 Å². The zero-order valence-corrected chi connectivity index (χ0v) is 17.4. The summed E-state index contributed by atoms with van der Waals surface area (Å²) in [6.45, 7) is 0.241. The lowest BCUT2D eigenvalue weighted by Crippen LogP contribution is -2.48. The number of carbonyl (C=O) groups excluding carboxylic acids is 2. The molecule has 0 aliphatic rings. The maximum atomic E-state index is 13.3. The SMILES string of the molecule is O=C(NC(Cc1ccccc1)C(=O)NCCc1cc(F)cc(F)c1)OCc1ccccc1. The minimum atomic E-state index is -0.870. The van der Waals surface area contributed by atoms with Crippen molar-refractivity contribution in [3.63, 3.8) is 0 Å². The lowest BCUT2D eigenvalue weighted by atomic mass is 10.1. The standard InChI is InChI=1S/C25H24F2N2O3/c26-21-13-20(14-22(27)16-21)11-12-28-24(30)23(15-18-7-3-1-4-8-18)29-25(31)32-17-19-9-5-2-6-10-19/h1-10,13-14,16,23H,11-12,15,17H2,(H,28,30)(H,29,31). The van der Waals surface area contributed by atoms with Gasteiger partial charge in [-0.2, -0.15) is 0 Å². The van der Waals surface area contributed by atoms with Crippen LogP contribution in [-0.2, 0) is 29.0 Å². The smallest absolute Gasteiger partial charge is 0.408 e. The molecule has 1 atom stereocenters. The number of halogens is 2. The first-order valence-corrected chi connectivity index (χ1v) is 10.2. The average Bonchev–Trinajstić information content (AvgIpc) is 2.78. The van der Waals surface area contributed by atoms with E-state index < -0.39 is 29.7 Å². The van der Waals surface area contributed by atoms with E-state index in [0.29, 0.717) is 5.56 Å². The van der Waals surface area contributed by atoms with Crippen LogP contribution in [0.1, 0.15) is 16.7 Å². The monoisotopic (exact) mass is 438 g/mol. The fraction of sp³-hybridized carbons (Fsp3) is 0.200. The van der Waals surface area contributed by atoms with Crippen molar-refractivity contribution in [1.82, 2.24) is 10.6 Å². The zero-order chi connectivity index (χ0) is 22.8. The van der Waals surface area contributed by atoms with Crippen LogP contribution < -0.4 is 10.6 Å². The molecule has 1 unspecified atom stereocenters. The molecule has 0 saturated carbocycles. The molecule has 0 spiro atoms.